The maximum absolute atomic E-state index is 12.4. The Morgan fingerprint density at radius 3 is 2.33 bits per heavy atom. The first-order valence-corrected chi connectivity index (χ1v) is 7.85. The Labute approximate surface area is 126 Å². The summed E-state index contributed by atoms with van der Waals surface area (Å²) < 4.78 is 0. The molecule has 3 N–H and O–H groups in total. The third kappa shape index (κ3) is 5.91. The van der Waals surface area contributed by atoms with E-state index >= 15 is 0 Å². The molecular formula is C15H28N2O4. The summed E-state index contributed by atoms with van der Waals surface area (Å²) in [7, 11) is 0. The molecule has 122 valence electrons. The molecular weight excluding hydrogens is 272 g/mol. The molecule has 1 saturated carbocycles. The second-order valence-corrected chi connectivity index (χ2v) is 6.11. The zero-order chi connectivity index (χ0) is 15.8. The van der Waals surface area contributed by atoms with Gasteiger partial charge >= 0.3 is 12.0 Å². The minimum atomic E-state index is -0.916. The smallest absolute Gasteiger partial charge is 0.317 e. The number of hydrogen-bond acceptors (Lipinski definition) is 3. The molecule has 0 aromatic rings. The number of carboxylic acids is 1. The summed E-state index contributed by atoms with van der Waals surface area (Å²) in [6.07, 6.45) is 5.22. The van der Waals surface area contributed by atoms with Gasteiger partial charge < -0.3 is 20.4 Å². The van der Waals surface area contributed by atoms with Crippen molar-refractivity contribution in [1.82, 2.24) is 10.2 Å². The standard InChI is InChI=1S/C15H28N2O4/c1-11(2)13(10-14(19)20)16-15(21)17(8-9-18)12-6-4-3-5-7-12/h11-13,18H,3-10H2,1-2H3,(H,16,21)(H,19,20). The number of aliphatic hydroxyl groups excluding tert-OH is 1. The van der Waals surface area contributed by atoms with Crippen LogP contribution in [0.3, 0.4) is 0 Å². The molecule has 0 aromatic heterocycles. The van der Waals surface area contributed by atoms with E-state index in [0.29, 0.717) is 6.54 Å². The highest BCUT2D eigenvalue weighted by Crippen LogP contribution is 2.22. The van der Waals surface area contributed by atoms with Gasteiger partial charge in [0, 0.05) is 18.6 Å². The van der Waals surface area contributed by atoms with Gasteiger partial charge in [0.15, 0.2) is 0 Å². The fraction of sp³-hybridized carbons (Fsp3) is 0.867. The normalized spacial score (nSPS) is 17.5. The molecule has 0 spiro atoms. The zero-order valence-corrected chi connectivity index (χ0v) is 13.0. The van der Waals surface area contributed by atoms with Crippen LogP contribution in [0.1, 0.15) is 52.4 Å². The average molecular weight is 300 g/mol. The lowest BCUT2D eigenvalue weighted by atomic mass is 9.94. The summed E-state index contributed by atoms with van der Waals surface area (Å²) in [5.41, 5.74) is 0. The number of carbonyl (C=O) groups excluding carboxylic acids is 1. The summed E-state index contributed by atoms with van der Waals surface area (Å²) in [5.74, 6) is -0.868. The lowest BCUT2D eigenvalue weighted by Crippen LogP contribution is -2.52. The minimum Gasteiger partial charge on any atom is -0.481 e. The average Bonchev–Trinajstić information content (AvgIpc) is 2.44. The third-order valence-corrected chi connectivity index (χ3v) is 4.13. The minimum absolute atomic E-state index is 0.0485. The van der Waals surface area contributed by atoms with Crippen LogP contribution in [0.5, 0.6) is 0 Å². The van der Waals surface area contributed by atoms with E-state index in [1.807, 2.05) is 13.8 Å². The van der Waals surface area contributed by atoms with Crippen molar-refractivity contribution in [2.45, 2.75) is 64.5 Å². The Bertz CT molecular complexity index is 341. The van der Waals surface area contributed by atoms with E-state index in [0.717, 1.165) is 25.7 Å². The molecule has 1 fully saturated rings. The van der Waals surface area contributed by atoms with Crippen LogP contribution in [-0.4, -0.2) is 52.3 Å². The van der Waals surface area contributed by atoms with Crippen molar-refractivity contribution in [3.8, 4) is 0 Å². The summed E-state index contributed by atoms with van der Waals surface area (Å²) in [4.78, 5) is 25.0. The molecule has 21 heavy (non-hydrogen) atoms. The van der Waals surface area contributed by atoms with E-state index < -0.39 is 5.97 Å². The first-order chi connectivity index (χ1) is 9.95. The van der Waals surface area contributed by atoms with Gasteiger partial charge in [-0.1, -0.05) is 33.1 Å². The number of amides is 2. The van der Waals surface area contributed by atoms with Crippen molar-refractivity contribution in [2.24, 2.45) is 5.92 Å². The molecule has 2 amide bonds. The Kier molecular flexibility index (Phi) is 7.50. The van der Waals surface area contributed by atoms with Crippen LogP contribution in [0.15, 0.2) is 0 Å². The van der Waals surface area contributed by atoms with E-state index in [4.69, 9.17) is 5.11 Å². The number of carboxylic acid groups (broad SMARTS) is 1. The molecule has 0 aromatic carbocycles. The summed E-state index contributed by atoms with van der Waals surface area (Å²) in [5, 5.41) is 20.9. The molecule has 1 aliphatic carbocycles. The molecule has 0 aliphatic heterocycles. The van der Waals surface area contributed by atoms with E-state index in [-0.39, 0.29) is 37.1 Å². The van der Waals surface area contributed by atoms with Gasteiger partial charge in [-0.25, -0.2) is 4.79 Å². The first kappa shape index (κ1) is 17.8. The van der Waals surface area contributed by atoms with E-state index in [9.17, 15) is 14.7 Å². The predicted molar refractivity (Wildman–Crippen MR) is 80.1 cm³/mol. The van der Waals surface area contributed by atoms with Crippen molar-refractivity contribution in [2.75, 3.05) is 13.2 Å². The van der Waals surface area contributed by atoms with Crippen LogP contribution < -0.4 is 5.32 Å². The number of nitrogens with one attached hydrogen (secondary N) is 1. The molecule has 1 rings (SSSR count). The van der Waals surface area contributed by atoms with Crippen molar-refractivity contribution < 1.29 is 19.8 Å². The fourth-order valence-electron chi connectivity index (χ4n) is 2.83. The second-order valence-electron chi connectivity index (χ2n) is 6.11. The van der Waals surface area contributed by atoms with Gasteiger partial charge in [-0.15, -0.1) is 0 Å². The maximum atomic E-state index is 12.4. The van der Waals surface area contributed by atoms with Crippen molar-refractivity contribution in [3.05, 3.63) is 0 Å². The van der Waals surface area contributed by atoms with Gasteiger partial charge in [0.25, 0.3) is 0 Å². The van der Waals surface area contributed by atoms with Crippen LogP contribution in [0, 0.1) is 5.92 Å². The summed E-state index contributed by atoms with van der Waals surface area (Å²) in [6, 6.07) is -0.487. The molecule has 0 saturated heterocycles. The highest BCUT2D eigenvalue weighted by molar-refractivity contribution is 5.76. The Morgan fingerprint density at radius 1 is 1.24 bits per heavy atom. The molecule has 1 aliphatic rings. The zero-order valence-electron chi connectivity index (χ0n) is 13.0. The first-order valence-electron chi connectivity index (χ1n) is 7.85. The van der Waals surface area contributed by atoms with Gasteiger partial charge in [0.1, 0.15) is 0 Å². The number of aliphatic hydroxyl groups is 1. The third-order valence-electron chi connectivity index (χ3n) is 4.13. The van der Waals surface area contributed by atoms with Crippen LogP contribution >= 0.6 is 0 Å². The SMILES string of the molecule is CC(C)C(CC(=O)O)NC(=O)N(CCO)C1CCCCC1. The monoisotopic (exact) mass is 300 g/mol. The summed E-state index contributed by atoms with van der Waals surface area (Å²) in [6.45, 7) is 4.01. The number of urea groups is 1. The lowest BCUT2D eigenvalue weighted by Gasteiger charge is -2.35. The largest absolute Gasteiger partial charge is 0.481 e. The molecule has 0 bridgehead atoms. The predicted octanol–water partition coefficient (Wildman–Crippen LogP) is 1.82. The summed E-state index contributed by atoms with van der Waals surface area (Å²) >= 11 is 0. The second kappa shape index (κ2) is 8.87. The number of rotatable bonds is 7. The van der Waals surface area contributed by atoms with Crippen molar-refractivity contribution in [3.63, 3.8) is 0 Å². The number of carbonyl (C=O) groups is 2. The van der Waals surface area contributed by atoms with Gasteiger partial charge in [0.05, 0.1) is 13.0 Å². The van der Waals surface area contributed by atoms with Crippen LogP contribution in [0.4, 0.5) is 4.79 Å². The van der Waals surface area contributed by atoms with Crippen LogP contribution in [0.25, 0.3) is 0 Å². The number of nitrogens with zero attached hydrogens (tertiary/aromatic N) is 1. The Balaban J connectivity index is 2.67. The number of aliphatic carboxylic acids is 1. The molecule has 1 atom stereocenters. The van der Waals surface area contributed by atoms with Crippen LogP contribution in [-0.2, 0) is 4.79 Å². The van der Waals surface area contributed by atoms with E-state index in [2.05, 4.69) is 5.32 Å². The molecule has 1 unspecified atom stereocenters. The Morgan fingerprint density at radius 2 is 1.86 bits per heavy atom. The highest BCUT2D eigenvalue weighted by Gasteiger charge is 2.28. The topological polar surface area (TPSA) is 89.9 Å². The number of hydrogen-bond donors (Lipinski definition) is 3. The van der Waals surface area contributed by atoms with Crippen molar-refractivity contribution in [1.29, 1.82) is 0 Å². The molecule has 6 heteroatoms. The van der Waals surface area contributed by atoms with Gasteiger partial charge in [-0.05, 0) is 18.8 Å². The van der Waals surface area contributed by atoms with Crippen LogP contribution in [0.2, 0.25) is 0 Å². The van der Waals surface area contributed by atoms with Gasteiger partial charge in [-0.3, -0.25) is 4.79 Å². The maximum Gasteiger partial charge on any atom is 0.317 e. The van der Waals surface area contributed by atoms with Gasteiger partial charge in [0.2, 0.25) is 0 Å². The molecule has 0 heterocycles. The Hall–Kier alpha value is -1.30. The highest BCUT2D eigenvalue weighted by atomic mass is 16.4. The van der Waals surface area contributed by atoms with Gasteiger partial charge in [-0.2, -0.15) is 0 Å². The van der Waals surface area contributed by atoms with Crippen molar-refractivity contribution >= 4 is 12.0 Å². The van der Waals surface area contributed by atoms with E-state index in [1.54, 1.807) is 4.90 Å². The molecule has 0 radical (unpaired) electrons. The quantitative estimate of drug-likeness (QED) is 0.669. The van der Waals surface area contributed by atoms with E-state index in [1.165, 1.54) is 6.42 Å². The molecule has 6 nitrogen and oxygen atoms in total. The fourth-order valence-corrected chi connectivity index (χ4v) is 2.83. The lowest BCUT2D eigenvalue weighted by molar-refractivity contribution is -0.137.